The molecule has 1 aromatic rings. The van der Waals surface area contributed by atoms with Gasteiger partial charge in [0.1, 0.15) is 5.60 Å². The Bertz CT molecular complexity index is 553. The Morgan fingerprint density at radius 1 is 1.09 bits per heavy atom. The van der Waals surface area contributed by atoms with Gasteiger partial charge in [0.05, 0.1) is 25.2 Å². The number of esters is 1. The molecule has 0 saturated carbocycles. The minimum Gasteiger partial charge on any atom is -0.481 e. The van der Waals surface area contributed by atoms with Gasteiger partial charge in [-0.25, -0.2) is 4.79 Å². The zero-order valence-electron chi connectivity index (χ0n) is 14.0. The standard InChI is InChI=1S/C15H22N2O4S/c1-9(2)12(13(18)21-15(3,4)5)22-14-16-10(19-6)8-11(17-14)20-7/h8H,1-7H3. The molecule has 0 amide bonds. The molecule has 0 aliphatic carbocycles. The van der Waals surface area contributed by atoms with Crippen molar-refractivity contribution in [2.75, 3.05) is 14.2 Å². The van der Waals surface area contributed by atoms with E-state index in [4.69, 9.17) is 14.2 Å². The summed E-state index contributed by atoms with van der Waals surface area (Å²) in [5, 5.41) is 0.359. The van der Waals surface area contributed by atoms with Gasteiger partial charge >= 0.3 is 5.97 Å². The van der Waals surface area contributed by atoms with Gasteiger partial charge in [-0.1, -0.05) is 5.57 Å². The maximum atomic E-state index is 12.3. The third-order valence-corrected chi connectivity index (χ3v) is 3.45. The summed E-state index contributed by atoms with van der Waals surface area (Å²) in [6.45, 7) is 9.14. The number of thioether (sulfide) groups is 1. The fourth-order valence-electron chi connectivity index (χ4n) is 1.40. The van der Waals surface area contributed by atoms with Gasteiger partial charge in [-0.2, -0.15) is 9.97 Å². The van der Waals surface area contributed by atoms with E-state index in [2.05, 4.69) is 9.97 Å². The number of carbonyl (C=O) groups is 1. The van der Waals surface area contributed by atoms with Crippen LogP contribution in [0, 0.1) is 0 Å². The van der Waals surface area contributed by atoms with E-state index in [1.54, 1.807) is 6.07 Å². The first-order chi connectivity index (χ1) is 10.2. The fourth-order valence-corrected chi connectivity index (χ4v) is 2.19. The quantitative estimate of drug-likeness (QED) is 0.356. The maximum absolute atomic E-state index is 12.3. The van der Waals surface area contributed by atoms with Crippen LogP contribution in [0.2, 0.25) is 0 Å². The molecule has 0 aliphatic rings. The highest BCUT2D eigenvalue weighted by atomic mass is 32.2. The summed E-state index contributed by atoms with van der Waals surface area (Å²) in [6, 6.07) is 1.57. The van der Waals surface area contributed by atoms with E-state index in [9.17, 15) is 4.79 Å². The first-order valence-corrected chi connectivity index (χ1v) is 7.53. The molecule has 122 valence electrons. The van der Waals surface area contributed by atoms with Crippen molar-refractivity contribution >= 4 is 17.7 Å². The van der Waals surface area contributed by atoms with Crippen molar-refractivity contribution in [2.24, 2.45) is 0 Å². The van der Waals surface area contributed by atoms with Gasteiger partial charge in [0.2, 0.25) is 11.8 Å². The Morgan fingerprint density at radius 3 is 1.95 bits per heavy atom. The van der Waals surface area contributed by atoms with E-state index in [0.29, 0.717) is 21.8 Å². The van der Waals surface area contributed by atoms with Crippen LogP contribution in [0.25, 0.3) is 0 Å². The molecule has 7 heteroatoms. The highest BCUT2D eigenvalue weighted by Gasteiger charge is 2.23. The summed E-state index contributed by atoms with van der Waals surface area (Å²) in [5.41, 5.74) is 0.260. The van der Waals surface area contributed by atoms with Crippen LogP contribution in [0.15, 0.2) is 21.7 Å². The number of rotatable bonds is 5. The maximum Gasteiger partial charge on any atom is 0.345 e. The molecule has 0 bridgehead atoms. The Labute approximate surface area is 135 Å². The van der Waals surface area contributed by atoms with Crippen molar-refractivity contribution in [3.63, 3.8) is 0 Å². The third-order valence-electron chi connectivity index (χ3n) is 2.31. The van der Waals surface area contributed by atoms with Crippen molar-refractivity contribution in [1.82, 2.24) is 9.97 Å². The number of hydrogen-bond acceptors (Lipinski definition) is 7. The molecule has 0 saturated heterocycles. The summed E-state index contributed by atoms with van der Waals surface area (Å²) >= 11 is 1.13. The molecule has 0 spiro atoms. The number of allylic oxidation sites excluding steroid dienone is 1. The Kier molecular flexibility index (Phi) is 6.22. The second-order valence-corrected chi connectivity index (χ2v) is 6.65. The number of hydrogen-bond donors (Lipinski definition) is 0. The molecular weight excluding hydrogens is 304 g/mol. The monoisotopic (exact) mass is 326 g/mol. The molecule has 0 fully saturated rings. The second kappa shape index (κ2) is 7.49. The second-order valence-electron chi connectivity index (χ2n) is 5.67. The lowest BCUT2D eigenvalue weighted by atomic mass is 10.2. The van der Waals surface area contributed by atoms with Gasteiger partial charge in [-0.05, 0) is 46.4 Å². The molecule has 0 N–H and O–H groups in total. The van der Waals surface area contributed by atoms with Crippen LogP contribution in [-0.4, -0.2) is 35.8 Å². The summed E-state index contributed by atoms with van der Waals surface area (Å²) in [6.07, 6.45) is 0. The number of aromatic nitrogens is 2. The normalized spacial score (nSPS) is 10.9. The molecule has 0 aromatic carbocycles. The predicted octanol–water partition coefficient (Wildman–Crippen LogP) is 3.22. The molecule has 0 unspecified atom stereocenters. The van der Waals surface area contributed by atoms with Crippen LogP contribution in [-0.2, 0) is 9.53 Å². The van der Waals surface area contributed by atoms with Gasteiger partial charge in [0.15, 0.2) is 5.16 Å². The van der Waals surface area contributed by atoms with Gasteiger partial charge in [0.25, 0.3) is 0 Å². The smallest absolute Gasteiger partial charge is 0.345 e. The Balaban J connectivity index is 3.07. The summed E-state index contributed by atoms with van der Waals surface area (Å²) in [7, 11) is 3.01. The number of ether oxygens (including phenoxy) is 3. The van der Waals surface area contributed by atoms with Gasteiger partial charge in [-0.15, -0.1) is 0 Å². The van der Waals surface area contributed by atoms with Gasteiger partial charge < -0.3 is 14.2 Å². The zero-order valence-corrected chi connectivity index (χ0v) is 14.8. The highest BCUT2D eigenvalue weighted by Crippen LogP contribution is 2.31. The predicted molar refractivity (Wildman–Crippen MR) is 85.2 cm³/mol. The highest BCUT2D eigenvalue weighted by molar-refractivity contribution is 8.03. The average Bonchev–Trinajstić information content (AvgIpc) is 2.41. The molecule has 1 heterocycles. The Morgan fingerprint density at radius 2 is 1.59 bits per heavy atom. The van der Waals surface area contributed by atoms with E-state index in [0.717, 1.165) is 17.3 Å². The summed E-state index contributed by atoms with van der Waals surface area (Å²) in [4.78, 5) is 21.2. The van der Waals surface area contributed by atoms with Crippen LogP contribution in [0.1, 0.15) is 34.6 Å². The first-order valence-electron chi connectivity index (χ1n) is 6.72. The minimum atomic E-state index is -0.564. The number of carbonyl (C=O) groups excluding carboxylic acids is 1. The largest absolute Gasteiger partial charge is 0.481 e. The van der Waals surface area contributed by atoms with Gasteiger partial charge in [0, 0.05) is 0 Å². The topological polar surface area (TPSA) is 70.5 Å². The summed E-state index contributed by atoms with van der Waals surface area (Å²) in [5.74, 6) is 0.334. The van der Waals surface area contributed by atoms with E-state index in [1.165, 1.54) is 14.2 Å². The van der Waals surface area contributed by atoms with Crippen LogP contribution in [0.4, 0.5) is 0 Å². The molecule has 1 aromatic heterocycles. The molecule has 0 aliphatic heterocycles. The molecule has 1 rings (SSSR count). The zero-order chi connectivity index (χ0) is 16.9. The lowest BCUT2D eigenvalue weighted by Crippen LogP contribution is -2.24. The van der Waals surface area contributed by atoms with E-state index < -0.39 is 11.6 Å². The first kappa shape index (κ1) is 18.3. The van der Waals surface area contributed by atoms with Crippen LogP contribution in [0.5, 0.6) is 11.8 Å². The number of methoxy groups -OCH3 is 2. The molecule has 0 atom stereocenters. The van der Waals surface area contributed by atoms with Crippen molar-refractivity contribution in [1.29, 1.82) is 0 Å². The Hall–Kier alpha value is -1.76. The lowest BCUT2D eigenvalue weighted by molar-refractivity contribution is -0.148. The summed E-state index contributed by atoms with van der Waals surface area (Å²) < 4.78 is 15.6. The minimum absolute atomic E-state index is 0.359. The van der Waals surface area contributed by atoms with Crippen molar-refractivity contribution in [3.8, 4) is 11.8 Å². The van der Waals surface area contributed by atoms with Crippen LogP contribution in [0.3, 0.4) is 0 Å². The van der Waals surface area contributed by atoms with Gasteiger partial charge in [-0.3, -0.25) is 0 Å². The average molecular weight is 326 g/mol. The SMILES string of the molecule is COc1cc(OC)nc(SC(C(=O)OC(C)(C)C)=C(C)C)n1. The van der Waals surface area contributed by atoms with E-state index in [-0.39, 0.29) is 0 Å². The molecular formula is C15H22N2O4S. The van der Waals surface area contributed by atoms with Crippen molar-refractivity contribution in [2.45, 2.75) is 45.4 Å². The van der Waals surface area contributed by atoms with E-state index in [1.807, 2.05) is 34.6 Å². The lowest BCUT2D eigenvalue weighted by Gasteiger charge is -2.20. The van der Waals surface area contributed by atoms with Crippen LogP contribution < -0.4 is 9.47 Å². The van der Waals surface area contributed by atoms with Crippen molar-refractivity contribution < 1.29 is 19.0 Å². The number of nitrogens with zero attached hydrogens (tertiary/aromatic N) is 2. The fraction of sp³-hybridized carbons (Fsp3) is 0.533. The van der Waals surface area contributed by atoms with Crippen LogP contribution >= 0.6 is 11.8 Å². The third kappa shape index (κ3) is 5.55. The molecule has 6 nitrogen and oxygen atoms in total. The van der Waals surface area contributed by atoms with E-state index >= 15 is 0 Å². The van der Waals surface area contributed by atoms with Crippen molar-refractivity contribution in [3.05, 3.63) is 16.5 Å². The molecule has 0 radical (unpaired) electrons. The molecule has 22 heavy (non-hydrogen) atoms.